The first kappa shape index (κ1) is 41.4. The lowest BCUT2D eigenvalue weighted by Gasteiger charge is -2.27. The molecular formula is C34H32N12O8S4. The molecule has 2 N–H and O–H groups in total. The SMILES string of the molecule is CS(=O)(=O)c1cc(N=Nc2ccc(Nc3nc(Cc4ccc(N=Nc5cc(N=S(=O)=O)cc(N=S(=O)=O)c5)cc4)nc(N4CCNCC4)n3)cc2)cc(S(C)(=O)=O)c1. The van der Waals surface area contributed by atoms with Crippen LogP contribution in [0.5, 0.6) is 0 Å². The Hall–Kier alpha value is -6.21. The highest BCUT2D eigenvalue weighted by molar-refractivity contribution is 7.91. The third-order valence-corrected chi connectivity index (χ3v) is 10.9. The molecule has 0 atom stereocenters. The molecule has 1 aliphatic rings. The Morgan fingerprint density at radius 1 is 0.621 bits per heavy atom. The molecule has 2 heterocycles. The molecule has 24 heteroatoms. The maximum absolute atomic E-state index is 12.2. The number of hydrogen-bond acceptors (Lipinski definition) is 20. The van der Waals surface area contributed by atoms with Gasteiger partial charge >= 0.3 is 21.0 Å². The zero-order valence-corrected chi connectivity index (χ0v) is 33.8. The molecule has 0 unspecified atom stereocenters. The fourth-order valence-electron chi connectivity index (χ4n) is 5.34. The highest BCUT2D eigenvalue weighted by Crippen LogP contribution is 2.31. The van der Waals surface area contributed by atoms with Gasteiger partial charge in [-0.05, 0) is 78.4 Å². The summed E-state index contributed by atoms with van der Waals surface area (Å²) in [6.45, 7) is 2.90. The molecule has 20 nitrogen and oxygen atoms in total. The van der Waals surface area contributed by atoms with Gasteiger partial charge in [0.2, 0.25) is 11.9 Å². The predicted octanol–water partition coefficient (Wildman–Crippen LogP) is 5.64. The normalized spacial score (nSPS) is 13.4. The second-order valence-electron chi connectivity index (χ2n) is 12.6. The smallest absolute Gasteiger partial charge is 0.316 e. The van der Waals surface area contributed by atoms with Crippen molar-refractivity contribution in [3.8, 4) is 0 Å². The van der Waals surface area contributed by atoms with Crippen molar-refractivity contribution in [3.05, 3.63) is 96.3 Å². The molecule has 6 rings (SSSR count). The van der Waals surface area contributed by atoms with E-state index in [2.05, 4.69) is 54.7 Å². The van der Waals surface area contributed by atoms with Crippen molar-refractivity contribution in [1.82, 2.24) is 20.3 Å². The summed E-state index contributed by atoms with van der Waals surface area (Å²) in [4.78, 5) is 15.8. The molecule has 0 amide bonds. The summed E-state index contributed by atoms with van der Waals surface area (Å²) in [7, 11) is -13.0. The Labute approximate surface area is 335 Å². The summed E-state index contributed by atoms with van der Waals surface area (Å²) in [6, 6.07) is 21.2. The molecule has 1 fully saturated rings. The first-order chi connectivity index (χ1) is 27.6. The number of azo groups is 2. The number of nitrogens with one attached hydrogen (secondary N) is 2. The summed E-state index contributed by atoms with van der Waals surface area (Å²) in [6.07, 6.45) is 2.29. The van der Waals surface area contributed by atoms with Crippen molar-refractivity contribution in [2.75, 3.05) is 48.9 Å². The largest absolute Gasteiger partial charge is 0.338 e. The van der Waals surface area contributed by atoms with Crippen LogP contribution in [0.2, 0.25) is 0 Å². The zero-order chi connectivity index (χ0) is 41.5. The van der Waals surface area contributed by atoms with Gasteiger partial charge in [-0.2, -0.15) is 52.2 Å². The van der Waals surface area contributed by atoms with E-state index in [0.29, 0.717) is 54.3 Å². The third-order valence-electron chi connectivity index (χ3n) is 8.02. The van der Waals surface area contributed by atoms with Crippen LogP contribution in [0.3, 0.4) is 0 Å². The lowest BCUT2D eigenvalue weighted by atomic mass is 10.1. The standard InChI is InChI=1S/C34H32N12O8S4/c1-57(51,52)30-19-27(20-31(21-30)58(2,53)54)43-41-25-9-7-23(8-10-25)36-33-37-32(38-34(39-33)46-13-11-35-12-14-46)15-22-3-5-24(6-4-22)40-42-26-16-28(44-55(47)48)18-29(17-26)45-56(49)50/h3-10,16-21,35H,11-15H2,1-2H3,(H,36,37,38,39). The van der Waals surface area contributed by atoms with Crippen LogP contribution in [0.25, 0.3) is 0 Å². The molecule has 0 spiro atoms. The van der Waals surface area contributed by atoms with Crippen LogP contribution in [0.1, 0.15) is 11.4 Å². The number of anilines is 3. The van der Waals surface area contributed by atoms with Gasteiger partial charge in [0.1, 0.15) is 5.82 Å². The van der Waals surface area contributed by atoms with E-state index in [-0.39, 0.29) is 32.5 Å². The summed E-state index contributed by atoms with van der Waals surface area (Å²) in [5, 5.41) is 23.0. The number of sulfone groups is 2. The minimum Gasteiger partial charge on any atom is -0.338 e. The van der Waals surface area contributed by atoms with Crippen molar-refractivity contribution in [1.29, 1.82) is 0 Å². The van der Waals surface area contributed by atoms with Crippen molar-refractivity contribution >= 4 is 92.4 Å². The topological polar surface area (TPSA) is 277 Å². The minimum atomic E-state index is -3.71. The van der Waals surface area contributed by atoms with E-state index in [4.69, 9.17) is 4.98 Å². The maximum Gasteiger partial charge on any atom is 0.316 e. The number of hydrogen-bond donors (Lipinski definition) is 2. The molecule has 58 heavy (non-hydrogen) atoms. The Kier molecular flexibility index (Phi) is 12.8. The number of rotatable bonds is 13. The van der Waals surface area contributed by atoms with Crippen LogP contribution >= 0.6 is 0 Å². The molecule has 5 aromatic rings. The number of nitrogens with zero attached hydrogens (tertiary/aromatic N) is 10. The van der Waals surface area contributed by atoms with Crippen LogP contribution in [-0.2, 0) is 47.1 Å². The van der Waals surface area contributed by atoms with Crippen LogP contribution in [0.4, 0.5) is 51.7 Å². The van der Waals surface area contributed by atoms with Crippen molar-refractivity contribution in [2.24, 2.45) is 29.2 Å². The third kappa shape index (κ3) is 11.9. The van der Waals surface area contributed by atoms with Crippen LogP contribution in [0.15, 0.2) is 124 Å². The fourth-order valence-corrected chi connectivity index (χ4v) is 7.32. The highest BCUT2D eigenvalue weighted by atomic mass is 32.2. The minimum absolute atomic E-state index is 0.0578. The average molecular weight is 865 g/mol. The molecule has 1 saturated heterocycles. The Morgan fingerprint density at radius 3 is 1.62 bits per heavy atom. The lowest BCUT2D eigenvalue weighted by Crippen LogP contribution is -2.44. The van der Waals surface area contributed by atoms with Crippen molar-refractivity contribution < 1.29 is 33.7 Å². The first-order valence-electron chi connectivity index (χ1n) is 16.9. The average Bonchev–Trinajstić information content (AvgIpc) is 3.16. The van der Waals surface area contributed by atoms with E-state index in [1.54, 1.807) is 36.4 Å². The summed E-state index contributed by atoms with van der Waals surface area (Å²) in [5.74, 6) is 1.28. The summed E-state index contributed by atoms with van der Waals surface area (Å²) < 4.78 is 99.6. The van der Waals surface area contributed by atoms with Gasteiger partial charge in [-0.1, -0.05) is 12.1 Å². The van der Waals surface area contributed by atoms with Crippen LogP contribution in [-0.4, -0.2) is 87.3 Å². The number of piperazine rings is 1. The zero-order valence-electron chi connectivity index (χ0n) is 30.5. The van der Waals surface area contributed by atoms with Gasteiger partial charge in [0.15, 0.2) is 19.7 Å². The van der Waals surface area contributed by atoms with E-state index in [1.807, 2.05) is 12.1 Å². The summed E-state index contributed by atoms with van der Waals surface area (Å²) in [5.41, 5.74) is 2.38. The van der Waals surface area contributed by atoms with E-state index in [1.165, 1.54) is 30.3 Å². The monoisotopic (exact) mass is 864 g/mol. The van der Waals surface area contributed by atoms with Gasteiger partial charge in [0.05, 0.1) is 43.9 Å². The van der Waals surface area contributed by atoms with Crippen molar-refractivity contribution in [2.45, 2.75) is 16.2 Å². The van der Waals surface area contributed by atoms with Crippen molar-refractivity contribution in [3.63, 3.8) is 0 Å². The van der Waals surface area contributed by atoms with Gasteiger partial charge in [-0.25, -0.2) is 16.8 Å². The molecule has 1 aromatic heterocycles. The first-order valence-corrected chi connectivity index (χ1v) is 22.7. The van der Waals surface area contributed by atoms with Crippen LogP contribution < -0.4 is 15.5 Å². The second-order valence-corrected chi connectivity index (χ2v) is 17.8. The van der Waals surface area contributed by atoms with Gasteiger partial charge in [-0.15, -0.1) is 8.73 Å². The highest BCUT2D eigenvalue weighted by Gasteiger charge is 2.18. The second kappa shape index (κ2) is 17.9. The molecule has 0 bridgehead atoms. The molecule has 0 aliphatic carbocycles. The fraction of sp³-hybridized carbons (Fsp3) is 0.206. The number of benzene rings is 4. The van der Waals surface area contributed by atoms with Gasteiger partial charge in [0, 0.05) is 50.8 Å². The Bertz CT molecular complexity index is 2820. The molecule has 300 valence electrons. The van der Waals surface area contributed by atoms with E-state index < -0.39 is 40.7 Å². The Balaban J connectivity index is 1.19. The molecule has 1 aliphatic heterocycles. The molecule has 0 radical (unpaired) electrons. The van der Waals surface area contributed by atoms with E-state index in [9.17, 15) is 33.7 Å². The molecule has 4 aromatic carbocycles. The Morgan fingerprint density at radius 2 is 1.10 bits per heavy atom. The van der Waals surface area contributed by atoms with E-state index in [0.717, 1.165) is 37.2 Å². The van der Waals surface area contributed by atoms with E-state index >= 15 is 0 Å². The summed E-state index contributed by atoms with van der Waals surface area (Å²) >= 11 is 0. The molecular weight excluding hydrogens is 833 g/mol. The van der Waals surface area contributed by atoms with Gasteiger partial charge in [-0.3, -0.25) is 0 Å². The van der Waals surface area contributed by atoms with Gasteiger partial charge < -0.3 is 15.5 Å². The lowest BCUT2D eigenvalue weighted by molar-refractivity contribution is 0.578. The predicted molar refractivity (Wildman–Crippen MR) is 213 cm³/mol. The molecule has 0 saturated carbocycles. The number of aromatic nitrogens is 3. The quantitative estimate of drug-likeness (QED) is 0.136. The van der Waals surface area contributed by atoms with Gasteiger partial charge in [0.25, 0.3) is 0 Å². The maximum atomic E-state index is 12.2. The van der Waals surface area contributed by atoms with Crippen LogP contribution in [0, 0.1) is 0 Å².